The van der Waals surface area contributed by atoms with E-state index in [1.54, 1.807) is 55.4 Å². The Morgan fingerprint density at radius 3 is 1.24 bits per heavy atom. The van der Waals surface area contributed by atoms with Crippen molar-refractivity contribution in [3.8, 4) is 0 Å². The molecule has 0 radical (unpaired) electrons. The van der Waals surface area contributed by atoms with Gasteiger partial charge < -0.3 is 9.47 Å². The normalized spacial score (nSPS) is 13.7. The highest BCUT2D eigenvalue weighted by atomic mass is 16.6. The van der Waals surface area contributed by atoms with Gasteiger partial charge in [-0.25, -0.2) is 9.59 Å². The number of hydrogen-bond donors (Lipinski definition) is 0. The van der Waals surface area contributed by atoms with Crippen molar-refractivity contribution in [1.29, 1.82) is 0 Å². The Labute approximate surface area is 126 Å². The van der Waals surface area contributed by atoms with Crippen LogP contribution in [-0.2, 0) is 9.47 Å². The van der Waals surface area contributed by atoms with Crippen molar-refractivity contribution in [2.75, 3.05) is 0 Å². The van der Waals surface area contributed by atoms with Gasteiger partial charge in [-0.15, -0.1) is 0 Å². The molecule has 0 N–H and O–H groups in total. The van der Waals surface area contributed by atoms with Gasteiger partial charge in [-0.3, -0.25) is 0 Å². The molecular formula is C15H26N2O4. The molecule has 0 aliphatic carbocycles. The average Bonchev–Trinajstić information content (AvgIpc) is 2.19. The molecule has 0 heterocycles. The smallest absolute Gasteiger partial charge is 0.433 e. The van der Waals surface area contributed by atoms with Crippen LogP contribution in [0.15, 0.2) is 9.98 Å². The Hall–Kier alpha value is -1.72. The van der Waals surface area contributed by atoms with Crippen LogP contribution in [0.1, 0.15) is 55.4 Å². The standard InChI is InChI=1S/C15H26N2O4/c1-13(2,3)20-11(18)16-9-15(7,8)10-17-12(19)21-14(4,5)6/h9-10H,1-8H3/b16-9+,17-10+. The zero-order valence-electron chi connectivity index (χ0n) is 14.2. The first-order valence-electron chi connectivity index (χ1n) is 6.77. The van der Waals surface area contributed by atoms with Gasteiger partial charge in [0.1, 0.15) is 11.2 Å². The molecule has 0 aromatic heterocycles. The van der Waals surface area contributed by atoms with Gasteiger partial charge in [0.25, 0.3) is 0 Å². The van der Waals surface area contributed by atoms with Crippen LogP contribution in [0.3, 0.4) is 0 Å². The SMILES string of the molecule is CC(C)(/C=N/C(=O)OC(C)(C)C)/C=N/C(=O)OC(C)(C)C. The molecule has 0 aliphatic heterocycles. The summed E-state index contributed by atoms with van der Waals surface area (Å²) in [6.45, 7) is 14.1. The zero-order chi connectivity index (χ0) is 16.9. The quantitative estimate of drug-likeness (QED) is 0.721. The maximum absolute atomic E-state index is 11.5. The summed E-state index contributed by atoms with van der Waals surface area (Å²) in [5, 5.41) is 0. The molecule has 120 valence electrons. The van der Waals surface area contributed by atoms with E-state index in [4.69, 9.17) is 9.47 Å². The van der Waals surface area contributed by atoms with Gasteiger partial charge in [0, 0.05) is 17.8 Å². The fraction of sp³-hybridized carbons (Fsp3) is 0.733. The molecule has 0 aromatic rings. The van der Waals surface area contributed by atoms with E-state index in [0.29, 0.717) is 0 Å². The number of nitrogens with zero attached hydrogens (tertiary/aromatic N) is 2. The van der Waals surface area contributed by atoms with Gasteiger partial charge in [0.15, 0.2) is 0 Å². The Bertz CT molecular complexity index is 398. The lowest BCUT2D eigenvalue weighted by atomic mass is 9.97. The second-order valence-electron chi connectivity index (χ2n) is 7.30. The predicted molar refractivity (Wildman–Crippen MR) is 83.2 cm³/mol. The summed E-state index contributed by atoms with van der Waals surface area (Å²) in [6, 6.07) is 0. The van der Waals surface area contributed by atoms with Crippen LogP contribution in [-0.4, -0.2) is 35.8 Å². The third-order valence-corrected chi connectivity index (χ3v) is 1.79. The van der Waals surface area contributed by atoms with Gasteiger partial charge in [0.05, 0.1) is 0 Å². The van der Waals surface area contributed by atoms with E-state index < -0.39 is 28.8 Å². The van der Waals surface area contributed by atoms with E-state index in [2.05, 4.69) is 9.98 Å². The van der Waals surface area contributed by atoms with Crippen molar-refractivity contribution in [2.24, 2.45) is 15.4 Å². The van der Waals surface area contributed by atoms with Crippen molar-refractivity contribution < 1.29 is 19.1 Å². The van der Waals surface area contributed by atoms with Crippen LogP contribution in [0.4, 0.5) is 9.59 Å². The number of carbonyl (C=O) groups excluding carboxylic acids is 2. The van der Waals surface area contributed by atoms with Crippen molar-refractivity contribution in [3.05, 3.63) is 0 Å². The van der Waals surface area contributed by atoms with E-state index in [9.17, 15) is 9.59 Å². The lowest BCUT2D eigenvalue weighted by Crippen LogP contribution is -2.24. The molecule has 2 amide bonds. The minimum Gasteiger partial charge on any atom is -0.442 e. The highest BCUT2D eigenvalue weighted by Crippen LogP contribution is 2.12. The van der Waals surface area contributed by atoms with Crippen molar-refractivity contribution in [2.45, 2.75) is 66.6 Å². The van der Waals surface area contributed by atoms with Crippen LogP contribution in [0.5, 0.6) is 0 Å². The maximum Gasteiger partial charge on any atom is 0.433 e. The predicted octanol–water partition coefficient (Wildman–Crippen LogP) is 4.02. The van der Waals surface area contributed by atoms with Gasteiger partial charge in [-0.2, -0.15) is 9.98 Å². The fourth-order valence-corrected chi connectivity index (χ4v) is 1.05. The van der Waals surface area contributed by atoms with Gasteiger partial charge >= 0.3 is 12.2 Å². The molecule has 0 bridgehead atoms. The van der Waals surface area contributed by atoms with E-state index in [-0.39, 0.29) is 0 Å². The largest absolute Gasteiger partial charge is 0.442 e. The van der Waals surface area contributed by atoms with Gasteiger partial charge in [0.2, 0.25) is 0 Å². The fourth-order valence-electron chi connectivity index (χ4n) is 1.05. The minimum atomic E-state index is -0.679. The molecule has 0 fully saturated rings. The van der Waals surface area contributed by atoms with Crippen LogP contribution >= 0.6 is 0 Å². The van der Waals surface area contributed by atoms with E-state index in [1.807, 2.05) is 0 Å². The molecule has 6 nitrogen and oxygen atoms in total. The third-order valence-electron chi connectivity index (χ3n) is 1.79. The Balaban J connectivity index is 4.63. The molecule has 21 heavy (non-hydrogen) atoms. The molecule has 0 saturated carbocycles. The number of aliphatic imine (C=N–C) groups is 2. The minimum absolute atomic E-state index is 0.594. The lowest BCUT2D eigenvalue weighted by molar-refractivity contribution is 0.0594. The summed E-state index contributed by atoms with van der Waals surface area (Å²) >= 11 is 0. The summed E-state index contributed by atoms with van der Waals surface area (Å²) in [5.41, 5.74) is -1.86. The van der Waals surface area contributed by atoms with E-state index in [1.165, 1.54) is 12.4 Å². The molecule has 6 heteroatoms. The number of ether oxygens (including phenoxy) is 2. The van der Waals surface area contributed by atoms with Crippen LogP contribution in [0.25, 0.3) is 0 Å². The first-order chi connectivity index (χ1) is 9.20. The van der Waals surface area contributed by atoms with Crippen molar-refractivity contribution in [3.63, 3.8) is 0 Å². The summed E-state index contributed by atoms with van der Waals surface area (Å²) in [7, 11) is 0. The van der Waals surface area contributed by atoms with Gasteiger partial charge in [-0.05, 0) is 55.4 Å². The van der Waals surface area contributed by atoms with Crippen LogP contribution in [0.2, 0.25) is 0 Å². The highest BCUT2D eigenvalue weighted by molar-refractivity contribution is 5.95. The number of rotatable bonds is 2. The van der Waals surface area contributed by atoms with E-state index in [0.717, 1.165) is 0 Å². The first kappa shape index (κ1) is 19.3. The summed E-state index contributed by atoms with van der Waals surface area (Å²) in [5.74, 6) is 0. The van der Waals surface area contributed by atoms with Crippen molar-refractivity contribution in [1.82, 2.24) is 0 Å². The van der Waals surface area contributed by atoms with Gasteiger partial charge in [-0.1, -0.05) is 0 Å². The second-order valence-corrected chi connectivity index (χ2v) is 7.30. The molecule has 0 rings (SSSR count). The first-order valence-corrected chi connectivity index (χ1v) is 6.77. The maximum atomic E-state index is 11.5. The molecule has 0 unspecified atom stereocenters. The summed E-state index contributed by atoms with van der Waals surface area (Å²) < 4.78 is 10.1. The number of carbonyl (C=O) groups is 2. The second kappa shape index (κ2) is 6.83. The summed E-state index contributed by atoms with van der Waals surface area (Å²) in [6.07, 6.45) is 1.41. The average molecular weight is 298 g/mol. The molecule has 0 aromatic carbocycles. The Kier molecular flexibility index (Phi) is 6.27. The topological polar surface area (TPSA) is 77.3 Å². The van der Waals surface area contributed by atoms with Crippen LogP contribution in [0, 0.1) is 5.41 Å². The third kappa shape index (κ3) is 11.8. The molecular weight excluding hydrogens is 272 g/mol. The number of amides is 2. The molecule has 0 spiro atoms. The Morgan fingerprint density at radius 1 is 0.714 bits per heavy atom. The zero-order valence-corrected chi connectivity index (χ0v) is 14.2. The lowest BCUT2D eigenvalue weighted by Gasteiger charge is -2.19. The highest BCUT2D eigenvalue weighted by Gasteiger charge is 2.19. The number of hydrogen-bond acceptors (Lipinski definition) is 4. The Morgan fingerprint density at radius 2 is 1.00 bits per heavy atom. The molecule has 0 atom stereocenters. The van der Waals surface area contributed by atoms with Crippen molar-refractivity contribution >= 4 is 24.6 Å². The molecule has 0 saturated heterocycles. The summed E-state index contributed by atoms with van der Waals surface area (Å²) in [4.78, 5) is 30.4. The van der Waals surface area contributed by atoms with E-state index >= 15 is 0 Å². The monoisotopic (exact) mass is 298 g/mol. The van der Waals surface area contributed by atoms with Crippen LogP contribution < -0.4 is 0 Å². The molecule has 0 aliphatic rings.